The van der Waals surface area contributed by atoms with Crippen LogP contribution in [-0.4, -0.2) is 13.1 Å². The van der Waals surface area contributed by atoms with Crippen LogP contribution >= 0.6 is 0 Å². The smallest absolute Gasteiger partial charge is 0.000517 e. The van der Waals surface area contributed by atoms with Crippen LogP contribution in [0.4, 0.5) is 0 Å². The number of rotatable bonds is 12. The van der Waals surface area contributed by atoms with Crippen molar-refractivity contribution in [3.63, 3.8) is 0 Å². The van der Waals surface area contributed by atoms with Crippen molar-refractivity contribution in [1.29, 1.82) is 0 Å². The van der Waals surface area contributed by atoms with E-state index in [9.17, 15) is 0 Å². The average Bonchev–Trinajstić information content (AvgIpc) is 2.33. The van der Waals surface area contributed by atoms with Crippen molar-refractivity contribution < 1.29 is 0 Å². The second-order valence-electron chi connectivity index (χ2n) is 6.71. The van der Waals surface area contributed by atoms with E-state index in [1.165, 1.54) is 57.9 Å². The largest absolute Gasteiger partial charge is 0.316 e. The molecular formula is C17H37N. The predicted molar refractivity (Wildman–Crippen MR) is 84.1 cm³/mol. The molecular weight excluding hydrogens is 218 g/mol. The summed E-state index contributed by atoms with van der Waals surface area (Å²) >= 11 is 0. The minimum atomic E-state index is 0.514. The summed E-state index contributed by atoms with van der Waals surface area (Å²) in [6, 6.07) is 0. The second-order valence-corrected chi connectivity index (χ2v) is 6.71. The molecule has 1 heteroatoms. The van der Waals surface area contributed by atoms with E-state index in [1.807, 2.05) is 0 Å². The van der Waals surface area contributed by atoms with E-state index in [2.05, 4.69) is 39.9 Å². The molecule has 0 radical (unpaired) electrons. The van der Waals surface area contributed by atoms with Crippen LogP contribution < -0.4 is 5.32 Å². The summed E-state index contributed by atoms with van der Waals surface area (Å²) in [4.78, 5) is 0. The summed E-state index contributed by atoms with van der Waals surface area (Å²) in [6.45, 7) is 14.0. The zero-order chi connectivity index (χ0) is 13.9. The topological polar surface area (TPSA) is 12.0 Å². The van der Waals surface area contributed by atoms with Crippen molar-refractivity contribution in [2.75, 3.05) is 13.1 Å². The number of hydrogen-bond donors (Lipinski definition) is 1. The van der Waals surface area contributed by atoms with Crippen molar-refractivity contribution >= 4 is 0 Å². The number of nitrogens with one attached hydrogen (secondary N) is 1. The van der Waals surface area contributed by atoms with Crippen LogP contribution in [0.2, 0.25) is 0 Å². The molecule has 0 fully saturated rings. The third kappa shape index (κ3) is 9.94. The van der Waals surface area contributed by atoms with Gasteiger partial charge in [0.05, 0.1) is 0 Å². The Labute approximate surface area is 116 Å². The lowest BCUT2D eigenvalue weighted by molar-refractivity contribution is 0.255. The van der Waals surface area contributed by atoms with Gasteiger partial charge in [0.1, 0.15) is 0 Å². The maximum absolute atomic E-state index is 3.64. The summed E-state index contributed by atoms with van der Waals surface area (Å²) in [5, 5.41) is 3.64. The molecule has 0 aromatic carbocycles. The molecule has 1 N–H and O–H groups in total. The molecule has 0 rings (SSSR count). The Morgan fingerprint density at radius 1 is 0.944 bits per heavy atom. The molecule has 0 heterocycles. The van der Waals surface area contributed by atoms with Gasteiger partial charge in [-0.3, -0.25) is 0 Å². The quantitative estimate of drug-likeness (QED) is 0.460. The highest BCUT2D eigenvalue weighted by atomic mass is 14.9. The molecule has 110 valence electrons. The van der Waals surface area contributed by atoms with Crippen LogP contribution in [0.3, 0.4) is 0 Å². The van der Waals surface area contributed by atoms with Crippen LogP contribution in [0.1, 0.15) is 86.0 Å². The maximum Gasteiger partial charge on any atom is 0.000517 e. The van der Waals surface area contributed by atoms with Gasteiger partial charge >= 0.3 is 0 Å². The Kier molecular flexibility index (Phi) is 10.8. The first-order valence-electron chi connectivity index (χ1n) is 8.24. The van der Waals surface area contributed by atoms with Gasteiger partial charge in [0.15, 0.2) is 0 Å². The van der Waals surface area contributed by atoms with Gasteiger partial charge in [-0.2, -0.15) is 0 Å². The molecule has 18 heavy (non-hydrogen) atoms. The standard InChI is InChI=1S/C17H37N/c1-6-8-9-10-11-12-13-17(5,7-2)15-18-14-16(3)4/h16,18H,6-15H2,1-5H3. The Balaban J connectivity index is 3.65. The summed E-state index contributed by atoms with van der Waals surface area (Å²) in [6.07, 6.45) is 11.2. The fourth-order valence-electron chi connectivity index (χ4n) is 2.38. The van der Waals surface area contributed by atoms with Gasteiger partial charge in [-0.1, -0.05) is 73.1 Å². The van der Waals surface area contributed by atoms with E-state index in [0.29, 0.717) is 5.41 Å². The Hall–Kier alpha value is -0.0400. The van der Waals surface area contributed by atoms with Gasteiger partial charge in [0.2, 0.25) is 0 Å². The van der Waals surface area contributed by atoms with Crippen molar-refractivity contribution in [1.82, 2.24) is 5.32 Å². The first kappa shape index (κ1) is 18.0. The van der Waals surface area contributed by atoms with Crippen LogP contribution in [0.25, 0.3) is 0 Å². The Bertz CT molecular complexity index is 176. The maximum atomic E-state index is 3.64. The molecule has 0 aromatic heterocycles. The molecule has 1 nitrogen and oxygen atoms in total. The van der Waals surface area contributed by atoms with Crippen molar-refractivity contribution in [2.45, 2.75) is 86.0 Å². The minimum absolute atomic E-state index is 0.514. The Morgan fingerprint density at radius 2 is 1.56 bits per heavy atom. The molecule has 0 saturated heterocycles. The lowest BCUT2D eigenvalue weighted by Gasteiger charge is -2.29. The summed E-state index contributed by atoms with van der Waals surface area (Å²) in [5.41, 5.74) is 0.514. The monoisotopic (exact) mass is 255 g/mol. The molecule has 0 bridgehead atoms. The first-order valence-corrected chi connectivity index (χ1v) is 8.24. The van der Waals surface area contributed by atoms with Crippen LogP contribution in [0.5, 0.6) is 0 Å². The Morgan fingerprint density at radius 3 is 2.11 bits per heavy atom. The molecule has 0 saturated carbocycles. The molecule has 0 spiro atoms. The summed E-state index contributed by atoms with van der Waals surface area (Å²) in [5.74, 6) is 0.764. The SMILES string of the molecule is CCCCCCCCC(C)(CC)CNCC(C)C. The third-order valence-electron chi connectivity index (χ3n) is 4.09. The first-order chi connectivity index (χ1) is 8.54. The van der Waals surface area contributed by atoms with E-state index >= 15 is 0 Å². The van der Waals surface area contributed by atoms with Gasteiger partial charge in [-0.15, -0.1) is 0 Å². The lowest BCUT2D eigenvalue weighted by Crippen LogP contribution is -2.33. The van der Waals surface area contributed by atoms with Crippen LogP contribution in [0.15, 0.2) is 0 Å². The third-order valence-corrected chi connectivity index (χ3v) is 4.09. The predicted octanol–water partition coefficient (Wildman–Crippen LogP) is 5.40. The molecule has 0 aliphatic heterocycles. The number of unbranched alkanes of at least 4 members (excludes halogenated alkanes) is 5. The van der Waals surface area contributed by atoms with Crippen LogP contribution in [0, 0.1) is 11.3 Å². The minimum Gasteiger partial charge on any atom is -0.316 e. The molecule has 1 unspecified atom stereocenters. The van der Waals surface area contributed by atoms with Gasteiger partial charge in [-0.25, -0.2) is 0 Å². The van der Waals surface area contributed by atoms with E-state index in [0.717, 1.165) is 12.5 Å². The van der Waals surface area contributed by atoms with E-state index < -0.39 is 0 Å². The van der Waals surface area contributed by atoms with E-state index in [-0.39, 0.29) is 0 Å². The van der Waals surface area contributed by atoms with Crippen molar-refractivity contribution in [3.05, 3.63) is 0 Å². The van der Waals surface area contributed by atoms with Gasteiger partial charge in [0.25, 0.3) is 0 Å². The molecule has 0 aliphatic carbocycles. The average molecular weight is 255 g/mol. The highest BCUT2D eigenvalue weighted by molar-refractivity contribution is 4.75. The zero-order valence-electron chi connectivity index (χ0n) is 13.6. The highest BCUT2D eigenvalue weighted by Crippen LogP contribution is 2.27. The highest BCUT2D eigenvalue weighted by Gasteiger charge is 2.20. The number of hydrogen-bond acceptors (Lipinski definition) is 1. The fourth-order valence-corrected chi connectivity index (χ4v) is 2.38. The van der Waals surface area contributed by atoms with Gasteiger partial charge in [-0.05, 0) is 30.7 Å². The van der Waals surface area contributed by atoms with Gasteiger partial charge < -0.3 is 5.32 Å². The zero-order valence-corrected chi connectivity index (χ0v) is 13.6. The van der Waals surface area contributed by atoms with Gasteiger partial charge in [0, 0.05) is 6.54 Å². The van der Waals surface area contributed by atoms with Crippen LogP contribution in [-0.2, 0) is 0 Å². The van der Waals surface area contributed by atoms with Crippen molar-refractivity contribution in [3.8, 4) is 0 Å². The second kappa shape index (κ2) is 10.8. The van der Waals surface area contributed by atoms with E-state index in [4.69, 9.17) is 0 Å². The molecule has 1 atom stereocenters. The van der Waals surface area contributed by atoms with Crippen molar-refractivity contribution in [2.24, 2.45) is 11.3 Å². The normalized spacial score (nSPS) is 15.0. The summed E-state index contributed by atoms with van der Waals surface area (Å²) in [7, 11) is 0. The molecule has 0 aromatic rings. The summed E-state index contributed by atoms with van der Waals surface area (Å²) < 4.78 is 0. The lowest BCUT2D eigenvalue weighted by atomic mass is 9.82. The molecule has 0 amide bonds. The fraction of sp³-hybridized carbons (Fsp3) is 1.00. The molecule has 0 aliphatic rings. The van der Waals surface area contributed by atoms with E-state index in [1.54, 1.807) is 0 Å².